The van der Waals surface area contributed by atoms with Crippen molar-refractivity contribution in [2.45, 2.75) is 19.4 Å². The fourth-order valence-corrected chi connectivity index (χ4v) is 2.88. The van der Waals surface area contributed by atoms with Crippen molar-refractivity contribution in [3.8, 4) is 0 Å². The molecule has 0 saturated carbocycles. The predicted molar refractivity (Wildman–Crippen MR) is 105 cm³/mol. The monoisotopic (exact) mass is 350 g/mol. The van der Waals surface area contributed by atoms with E-state index in [0.29, 0.717) is 23.0 Å². The lowest BCUT2D eigenvalue weighted by atomic mass is 10.1. The zero-order valence-corrected chi connectivity index (χ0v) is 15.1. The molecular formula is C20H22N4O2. The van der Waals surface area contributed by atoms with Crippen molar-refractivity contribution in [3.05, 3.63) is 65.2 Å². The molecule has 134 valence electrons. The number of aromatic nitrogens is 2. The maximum Gasteiger partial charge on any atom is 0.261 e. The number of carbonyl (C=O) groups is 1. The van der Waals surface area contributed by atoms with Gasteiger partial charge in [-0.25, -0.2) is 4.98 Å². The maximum absolute atomic E-state index is 12.7. The van der Waals surface area contributed by atoms with Crippen molar-refractivity contribution in [3.63, 3.8) is 0 Å². The summed E-state index contributed by atoms with van der Waals surface area (Å²) in [5, 5.41) is 3.40. The third-order valence-corrected chi connectivity index (χ3v) is 4.37. The molecular weight excluding hydrogens is 328 g/mol. The molecule has 1 amide bonds. The number of fused-ring (bicyclic) bond motifs is 1. The summed E-state index contributed by atoms with van der Waals surface area (Å²) in [5.41, 5.74) is 2.16. The van der Waals surface area contributed by atoms with E-state index in [1.54, 1.807) is 18.2 Å². The smallest absolute Gasteiger partial charge is 0.261 e. The highest BCUT2D eigenvalue weighted by Gasteiger charge is 2.21. The van der Waals surface area contributed by atoms with Crippen LogP contribution in [0.25, 0.3) is 10.9 Å². The van der Waals surface area contributed by atoms with E-state index in [-0.39, 0.29) is 11.5 Å². The van der Waals surface area contributed by atoms with Crippen molar-refractivity contribution >= 4 is 28.2 Å². The summed E-state index contributed by atoms with van der Waals surface area (Å²) < 4.78 is 1.41. The minimum Gasteiger partial charge on any atom is -0.378 e. The van der Waals surface area contributed by atoms with E-state index < -0.39 is 6.04 Å². The Kier molecular flexibility index (Phi) is 5.02. The SMILES string of the molecule is CCC(C(=O)Nc1ccc(N(C)C)cc1)n1cnc2ccccc2c1=O. The Balaban J connectivity index is 1.87. The van der Waals surface area contributed by atoms with E-state index in [2.05, 4.69) is 10.3 Å². The lowest BCUT2D eigenvalue weighted by molar-refractivity contribution is -0.119. The van der Waals surface area contributed by atoms with Gasteiger partial charge in [-0.15, -0.1) is 0 Å². The first-order valence-electron chi connectivity index (χ1n) is 8.55. The van der Waals surface area contributed by atoms with Gasteiger partial charge in [0.05, 0.1) is 17.2 Å². The van der Waals surface area contributed by atoms with Crippen LogP contribution in [-0.4, -0.2) is 29.6 Å². The standard InChI is InChI=1S/C20H22N4O2/c1-4-18(19(25)22-14-9-11-15(12-10-14)23(2)3)24-13-21-17-8-6-5-7-16(17)20(24)26/h5-13,18H,4H2,1-3H3,(H,22,25). The number of hydrogen-bond donors (Lipinski definition) is 1. The van der Waals surface area contributed by atoms with Crippen LogP contribution < -0.4 is 15.8 Å². The highest BCUT2D eigenvalue weighted by Crippen LogP contribution is 2.18. The van der Waals surface area contributed by atoms with Crippen LogP contribution >= 0.6 is 0 Å². The van der Waals surface area contributed by atoms with Crippen molar-refractivity contribution < 1.29 is 4.79 Å². The minimum atomic E-state index is -0.617. The van der Waals surface area contributed by atoms with Gasteiger partial charge in [0, 0.05) is 25.5 Å². The van der Waals surface area contributed by atoms with E-state index in [1.807, 2.05) is 56.3 Å². The summed E-state index contributed by atoms with van der Waals surface area (Å²) in [6, 6.07) is 14.1. The summed E-state index contributed by atoms with van der Waals surface area (Å²) in [4.78, 5) is 31.8. The van der Waals surface area contributed by atoms with Gasteiger partial charge in [-0.3, -0.25) is 14.2 Å². The molecule has 6 nitrogen and oxygen atoms in total. The second kappa shape index (κ2) is 7.39. The Bertz CT molecular complexity index is 977. The van der Waals surface area contributed by atoms with Crippen molar-refractivity contribution in [2.75, 3.05) is 24.3 Å². The first kappa shape index (κ1) is 17.7. The van der Waals surface area contributed by atoms with Gasteiger partial charge < -0.3 is 10.2 Å². The number of rotatable bonds is 5. The van der Waals surface area contributed by atoms with Crippen LogP contribution in [0.15, 0.2) is 59.7 Å². The molecule has 1 heterocycles. The third kappa shape index (κ3) is 3.44. The van der Waals surface area contributed by atoms with E-state index in [9.17, 15) is 9.59 Å². The number of anilines is 2. The van der Waals surface area contributed by atoms with E-state index in [4.69, 9.17) is 0 Å². The normalized spacial score (nSPS) is 12.0. The molecule has 6 heteroatoms. The van der Waals surface area contributed by atoms with Crippen LogP contribution in [0.2, 0.25) is 0 Å². The quantitative estimate of drug-likeness (QED) is 0.768. The van der Waals surface area contributed by atoms with Gasteiger partial charge in [0.2, 0.25) is 5.91 Å². The molecule has 1 N–H and O–H groups in total. The second-order valence-electron chi connectivity index (χ2n) is 6.33. The molecule has 0 bridgehead atoms. The van der Waals surface area contributed by atoms with E-state index in [1.165, 1.54) is 10.9 Å². The number of benzene rings is 2. The fraction of sp³-hybridized carbons (Fsp3) is 0.250. The van der Waals surface area contributed by atoms with Crippen molar-refractivity contribution in [1.29, 1.82) is 0 Å². The highest BCUT2D eigenvalue weighted by atomic mass is 16.2. The molecule has 1 atom stereocenters. The number of nitrogens with zero attached hydrogens (tertiary/aromatic N) is 3. The van der Waals surface area contributed by atoms with Gasteiger partial charge >= 0.3 is 0 Å². The average molecular weight is 350 g/mol. The first-order valence-corrected chi connectivity index (χ1v) is 8.55. The van der Waals surface area contributed by atoms with Crippen molar-refractivity contribution in [2.24, 2.45) is 0 Å². The molecule has 0 fully saturated rings. The van der Waals surface area contributed by atoms with E-state index in [0.717, 1.165) is 5.69 Å². The third-order valence-electron chi connectivity index (χ3n) is 4.37. The fourth-order valence-electron chi connectivity index (χ4n) is 2.88. The minimum absolute atomic E-state index is 0.208. The van der Waals surface area contributed by atoms with Crippen LogP contribution in [-0.2, 0) is 4.79 Å². The van der Waals surface area contributed by atoms with Gasteiger partial charge in [0.1, 0.15) is 6.04 Å². The molecule has 0 aliphatic heterocycles. The molecule has 0 spiro atoms. The topological polar surface area (TPSA) is 67.2 Å². The molecule has 0 aliphatic rings. The number of hydrogen-bond acceptors (Lipinski definition) is 4. The summed E-state index contributed by atoms with van der Waals surface area (Å²) in [5.74, 6) is -0.232. The molecule has 2 aromatic carbocycles. The molecule has 0 radical (unpaired) electrons. The molecule has 3 aromatic rings. The lowest BCUT2D eigenvalue weighted by Crippen LogP contribution is -2.33. The number of amides is 1. The molecule has 0 aliphatic carbocycles. The highest BCUT2D eigenvalue weighted by molar-refractivity contribution is 5.94. The van der Waals surface area contributed by atoms with Crippen LogP contribution in [0.3, 0.4) is 0 Å². The molecule has 3 rings (SSSR count). The molecule has 1 aromatic heterocycles. The average Bonchev–Trinajstić information content (AvgIpc) is 2.65. The predicted octanol–water partition coefficient (Wildman–Crippen LogP) is 3.05. The van der Waals surface area contributed by atoms with Gasteiger partial charge in [0.15, 0.2) is 0 Å². The van der Waals surface area contributed by atoms with Crippen molar-refractivity contribution in [1.82, 2.24) is 9.55 Å². The zero-order chi connectivity index (χ0) is 18.7. The summed E-state index contributed by atoms with van der Waals surface area (Å²) >= 11 is 0. The Hall–Kier alpha value is -3.15. The number of carbonyl (C=O) groups excluding carboxylic acids is 1. The molecule has 1 unspecified atom stereocenters. The maximum atomic E-state index is 12.7. The number of para-hydroxylation sites is 1. The zero-order valence-electron chi connectivity index (χ0n) is 15.1. The largest absolute Gasteiger partial charge is 0.378 e. The molecule has 0 saturated heterocycles. The Labute approximate surface area is 152 Å². The van der Waals surface area contributed by atoms with Crippen LogP contribution in [0.5, 0.6) is 0 Å². The van der Waals surface area contributed by atoms with Crippen LogP contribution in [0, 0.1) is 0 Å². The second-order valence-corrected chi connectivity index (χ2v) is 6.33. The van der Waals surface area contributed by atoms with Crippen LogP contribution in [0.1, 0.15) is 19.4 Å². The van der Waals surface area contributed by atoms with Crippen LogP contribution in [0.4, 0.5) is 11.4 Å². The van der Waals surface area contributed by atoms with Gasteiger partial charge in [-0.05, 0) is 42.8 Å². The molecule has 26 heavy (non-hydrogen) atoms. The number of nitrogens with one attached hydrogen (secondary N) is 1. The van der Waals surface area contributed by atoms with Gasteiger partial charge in [0.25, 0.3) is 5.56 Å². The first-order chi connectivity index (χ1) is 12.5. The van der Waals surface area contributed by atoms with Gasteiger partial charge in [-0.1, -0.05) is 19.1 Å². The Morgan fingerprint density at radius 2 is 1.85 bits per heavy atom. The Morgan fingerprint density at radius 3 is 2.50 bits per heavy atom. The summed E-state index contributed by atoms with van der Waals surface area (Å²) in [6.45, 7) is 1.88. The lowest BCUT2D eigenvalue weighted by Gasteiger charge is -2.18. The summed E-state index contributed by atoms with van der Waals surface area (Å²) in [6.07, 6.45) is 1.94. The van der Waals surface area contributed by atoms with Gasteiger partial charge in [-0.2, -0.15) is 0 Å². The Morgan fingerprint density at radius 1 is 1.15 bits per heavy atom. The summed E-state index contributed by atoms with van der Waals surface area (Å²) in [7, 11) is 3.92. The van der Waals surface area contributed by atoms with E-state index >= 15 is 0 Å².